The molecule has 0 aromatic carbocycles. The first-order valence-corrected chi connectivity index (χ1v) is 27.5. The summed E-state index contributed by atoms with van der Waals surface area (Å²) >= 11 is 0. The first kappa shape index (κ1) is 59.4. The van der Waals surface area contributed by atoms with E-state index in [0.717, 1.165) is 57.8 Å². The van der Waals surface area contributed by atoms with Gasteiger partial charge in [0.25, 0.3) is 0 Å². The molecule has 0 N–H and O–H groups in total. The van der Waals surface area contributed by atoms with Crippen molar-refractivity contribution < 1.29 is 28.6 Å². The summed E-state index contributed by atoms with van der Waals surface area (Å²) in [5.41, 5.74) is 0. The SMILES string of the molecule is CCCCCCCCCCCCCCCCCCCCCCCCCCCCCCCCC(=O)OCC(COC(=O)CCCCCCCC)OC(=O)CCCCCCCCC. The van der Waals surface area contributed by atoms with Crippen LogP contribution in [0.3, 0.4) is 0 Å². The Morgan fingerprint density at radius 3 is 0.656 bits per heavy atom. The molecule has 1 unspecified atom stereocenters. The number of hydrogen-bond donors (Lipinski definition) is 0. The normalized spacial score (nSPS) is 11.9. The fraction of sp³-hybridized carbons (Fsp3) is 0.945. The van der Waals surface area contributed by atoms with Gasteiger partial charge in [-0.25, -0.2) is 0 Å². The second-order valence-corrected chi connectivity index (χ2v) is 18.9. The number of hydrogen-bond acceptors (Lipinski definition) is 6. The maximum atomic E-state index is 12.6. The van der Waals surface area contributed by atoms with E-state index in [1.807, 2.05) is 0 Å². The van der Waals surface area contributed by atoms with E-state index < -0.39 is 6.10 Å². The lowest BCUT2D eigenvalue weighted by Crippen LogP contribution is -2.30. The smallest absolute Gasteiger partial charge is 0.306 e. The van der Waals surface area contributed by atoms with Crippen molar-refractivity contribution in [2.75, 3.05) is 13.2 Å². The number of carbonyl (C=O) groups is 3. The van der Waals surface area contributed by atoms with Gasteiger partial charge in [0.05, 0.1) is 0 Å². The summed E-state index contributed by atoms with van der Waals surface area (Å²) in [4.78, 5) is 37.5. The largest absolute Gasteiger partial charge is 0.462 e. The maximum absolute atomic E-state index is 12.6. The van der Waals surface area contributed by atoms with Crippen LogP contribution in [0.15, 0.2) is 0 Å². The molecule has 0 spiro atoms. The van der Waals surface area contributed by atoms with Crippen LogP contribution in [0.1, 0.15) is 316 Å². The molecule has 0 heterocycles. The van der Waals surface area contributed by atoms with Crippen molar-refractivity contribution in [2.45, 2.75) is 322 Å². The molecular formula is C55H106O6. The van der Waals surface area contributed by atoms with Crippen molar-refractivity contribution in [1.29, 1.82) is 0 Å². The molecule has 0 fully saturated rings. The minimum absolute atomic E-state index is 0.0640. The Kier molecular flexibility index (Phi) is 49.7. The quantitative estimate of drug-likeness (QED) is 0.0344. The van der Waals surface area contributed by atoms with Gasteiger partial charge < -0.3 is 14.2 Å². The van der Waals surface area contributed by atoms with Gasteiger partial charge in [-0.1, -0.05) is 278 Å². The predicted octanol–water partition coefficient (Wildman–Crippen LogP) is 18.0. The van der Waals surface area contributed by atoms with Crippen LogP contribution in [-0.2, 0) is 28.6 Å². The van der Waals surface area contributed by atoms with Gasteiger partial charge in [0.1, 0.15) is 13.2 Å². The van der Waals surface area contributed by atoms with E-state index in [9.17, 15) is 14.4 Å². The second kappa shape index (κ2) is 51.0. The third-order valence-corrected chi connectivity index (χ3v) is 12.6. The van der Waals surface area contributed by atoms with Crippen molar-refractivity contribution in [1.82, 2.24) is 0 Å². The van der Waals surface area contributed by atoms with Gasteiger partial charge in [0, 0.05) is 19.3 Å². The number of rotatable bonds is 51. The number of ether oxygens (including phenoxy) is 3. The Morgan fingerprint density at radius 2 is 0.443 bits per heavy atom. The van der Waals surface area contributed by atoms with Gasteiger partial charge in [0.15, 0.2) is 6.10 Å². The number of carbonyl (C=O) groups excluding carboxylic acids is 3. The highest BCUT2D eigenvalue weighted by molar-refractivity contribution is 5.71. The molecule has 362 valence electrons. The van der Waals surface area contributed by atoms with E-state index in [4.69, 9.17) is 14.2 Å². The predicted molar refractivity (Wildman–Crippen MR) is 261 cm³/mol. The van der Waals surface area contributed by atoms with E-state index >= 15 is 0 Å². The van der Waals surface area contributed by atoms with Crippen LogP contribution in [0.25, 0.3) is 0 Å². The van der Waals surface area contributed by atoms with Crippen molar-refractivity contribution in [3.8, 4) is 0 Å². The molecule has 0 aromatic heterocycles. The van der Waals surface area contributed by atoms with Crippen molar-refractivity contribution in [2.24, 2.45) is 0 Å². The minimum atomic E-state index is -0.757. The van der Waals surface area contributed by atoms with Crippen molar-refractivity contribution >= 4 is 17.9 Å². The molecule has 0 amide bonds. The third kappa shape index (κ3) is 49.3. The molecule has 0 aliphatic rings. The van der Waals surface area contributed by atoms with E-state index in [1.165, 1.54) is 218 Å². The Labute approximate surface area is 380 Å². The zero-order valence-electron chi connectivity index (χ0n) is 41.5. The van der Waals surface area contributed by atoms with Crippen LogP contribution in [-0.4, -0.2) is 37.2 Å². The summed E-state index contributed by atoms with van der Waals surface area (Å²) in [7, 11) is 0. The van der Waals surface area contributed by atoms with Crippen LogP contribution in [0.4, 0.5) is 0 Å². The molecule has 0 aromatic rings. The first-order valence-electron chi connectivity index (χ1n) is 27.5. The van der Waals surface area contributed by atoms with Gasteiger partial charge in [-0.05, 0) is 19.3 Å². The average molecular weight is 863 g/mol. The van der Waals surface area contributed by atoms with Crippen LogP contribution in [0.5, 0.6) is 0 Å². The number of unbranched alkanes of at least 4 members (excludes halogenated alkanes) is 40. The molecule has 61 heavy (non-hydrogen) atoms. The lowest BCUT2D eigenvalue weighted by Gasteiger charge is -2.18. The highest BCUT2D eigenvalue weighted by Gasteiger charge is 2.19. The van der Waals surface area contributed by atoms with E-state index in [2.05, 4.69) is 20.8 Å². The van der Waals surface area contributed by atoms with Crippen LogP contribution < -0.4 is 0 Å². The molecule has 0 saturated heterocycles. The fourth-order valence-electron chi connectivity index (χ4n) is 8.45. The molecule has 0 radical (unpaired) electrons. The van der Waals surface area contributed by atoms with Gasteiger partial charge >= 0.3 is 17.9 Å². The Morgan fingerprint density at radius 1 is 0.262 bits per heavy atom. The molecule has 0 aliphatic heterocycles. The molecular weight excluding hydrogens is 757 g/mol. The lowest BCUT2D eigenvalue weighted by molar-refractivity contribution is -0.167. The monoisotopic (exact) mass is 863 g/mol. The highest BCUT2D eigenvalue weighted by Crippen LogP contribution is 2.18. The van der Waals surface area contributed by atoms with Gasteiger partial charge in [0.2, 0.25) is 0 Å². The molecule has 6 nitrogen and oxygen atoms in total. The van der Waals surface area contributed by atoms with Crippen LogP contribution in [0.2, 0.25) is 0 Å². The maximum Gasteiger partial charge on any atom is 0.306 e. The summed E-state index contributed by atoms with van der Waals surface area (Å²) < 4.78 is 16.6. The zero-order chi connectivity index (χ0) is 44.4. The zero-order valence-corrected chi connectivity index (χ0v) is 41.5. The lowest BCUT2D eigenvalue weighted by atomic mass is 10.0. The average Bonchev–Trinajstić information content (AvgIpc) is 3.26. The van der Waals surface area contributed by atoms with Gasteiger partial charge in [-0.2, -0.15) is 0 Å². The Bertz CT molecular complexity index is 905. The summed E-state index contributed by atoms with van der Waals surface area (Å²) in [6.07, 6.45) is 56.0. The van der Waals surface area contributed by atoms with Crippen LogP contribution >= 0.6 is 0 Å². The highest BCUT2D eigenvalue weighted by atomic mass is 16.6. The Balaban J connectivity index is 3.78. The van der Waals surface area contributed by atoms with E-state index in [1.54, 1.807) is 0 Å². The Hall–Kier alpha value is -1.59. The molecule has 0 aliphatic carbocycles. The molecule has 0 bridgehead atoms. The summed E-state index contributed by atoms with van der Waals surface area (Å²) in [5, 5.41) is 0. The third-order valence-electron chi connectivity index (χ3n) is 12.6. The molecule has 0 saturated carbocycles. The first-order chi connectivity index (χ1) is 30.0. The van der Waals surface area contributed by atoms with E-state index in [-0.39, 0.29) is 31.1 Å². The van der Waals surface area contributed by atoms with Crippen LogP contribution in [0, 0.1) is 0 Å². The molecule has 1 atom stereocenters. The molecule has 6 heteroatoms. The number of esters is 3. The topological polar surface area (TPSA) is 78.9 Å². The van der Waals surface area contributed by atoms with Crippen molar-refractivity contribution in [3.05, 3.63) is 0 Å². The van der Waals surface area contributed by atoms with Gasteiger partial charge in [-0.15, -0.1) is 0 Å². The van der Waals surface area contributed by atoms with E-state index in [0.29, 0.717) is 19.3 Å². The fourth-order valence-corrected chi connectivity index (χ4v) is 8.45. The standard InChI is InChI=1S/C55H106O6/c1-4-7-10-13-16-17-18-19-20-21-22-23-24-25-26-27-28-29-30-31-32-33-34-35-36-37-38-40-42-45-48-54(57)60-51-52(50-59-53(56)47-44-41-15-12-9-6-3)61-55(58)49-46-43-39-14-11-8-5-2/h52H,4-51H2,1-3H3. The second-order valence-electron chi connectivity index (χ2n) is 18.9. The summed E-state index contributed by atoms with van der Waals surface area (Å²) in [6, 6.07) is 0. The summed E-state index contributed by atoms with van der Waals surface area (Å²) in [5.74, 6) is -0.865. The molecule has 0 rings (SSSR count). The van der Waals surface area contributed by atoms with Gasteiger partial charge in [-0.3, -0.25) is 14.4 Å². The van der Waals surface area contributed by atoms with Crippen molar-refractivity contribution in [3.63, 3.8) is 0 Å². The summed E-state index contributed by atoms with van der Waals surface area (Å²) in [6.45, 7) is 6.57. The minimum Gasteiger partial charge on any atom is -0.462 e.